The lowest BCUT2D eigenvalue weighted by molar-refractivity contribution is -0.131. The van der Waals surface area contributed by atoms with Crippen LogP contribution < -0.4 is 5.73 Å². The van der Waals surface area contributed by atoms with Crippen molar-refractivity contribution < 1.29 is 9.90 Å². The van der Waals surface area contributed by atoms with Gasteiger partial charge in [-0.1, -0.05) is 13.8 Å². The minimum atomic E-state index is -0.985. The number of rotatable bonds is 2. The van der Waals surface area contributed by atoms with Gasteiger partial charge in [0.15, 0.2) is 0 Å². The van der Waals surface area contributed by atoms with Crippen molar-refractivity contribution in [2.45, 2.75) is 13.8 Å². The van der Waals surface area contributed by atoms with E-state index in [-0.39, 0.29) is 5.92 Å². The van der Waals surface area contributed by atoms with Crippen molar-refractivity contribution >= 4 is 5.97 Å². The summed E-state index contributed by atoms with van der Waals surface area (Å²) in [6.45, 7) is 3.68. The zero-order valence-corrected chi connectivity index (χ0v) is 5.59. The molecule has 0 aliphatic rings. The zero-order chi connectivity index (χ0) is 7.44. The standard InChI is InChI=1S/C6H11NO2/c1-4(2)5(7)3-6(8)9/h3-4H,7H2,1-2H3,(H,8,9). The van der Waals surface area contributed by atoms with Gasteiger partial charge < -0.3 is 10.8 Å². The first-order valence-corrected chi connectivity index (χ1v) is 2.74. The molecule has 0 aromatic rings. The van der Waals surface area contributed by atoms with E-state index in [4.69, 9.17) is 10.8 Å². The number of carboxylic acids is 1. The molecule has 0 aromatic heterocycles. The van der Waals surface area contributed by atoms with E-state index in [1.165, 1.54) is 0 Å². The summed E-state index contributed by atoms with van der Waals surface area (Å²) < 4.78 is 0. The van der Waals surface area contributed by atoms with E-state index < -0.39 is 5.97 Å². The van der Waals surface area contributed by atoms with Crippen molar-refractivity contribution in [2.75, 3.05) is 0 Å². The maximum absolute atomic E-state index is 9.96. The second-order valence-electron chi connectivity index (χ2n) is 2.14. The van der Waals surface area contributed by atoms with Crippen LogP contribution in [0.5, 0.6) is 0 Å². The van der Waals surface area contributed by atoms with Gasteiger partial charge in [0.1, 0.15) is 0 Å². The van der Waals surface area contributed by atoms with Crippen LogP contribution in [0.1, 0.15) is 13.8 Å². The monoisotopic (exact) mass is 129 g/mol. The van der Waals surface area contributed by atoms with Crippen molar-refractivity contribution in [1.82, 2.24) is 0 Å². The molecule has 0 atom stereocenters. The number of carbonyl (C=O) groups is 1. The van der Waals surface area contributed by atoms with Crippen LogP contribution in [-0.2, 0) is 4.79 Å². The summed E-state index contributed by atoms with van der Waals surface area (Å²) in [5.74, 6) is -0.873. The molecule has 0 aromatic carbocycles. The molecule has 0 saturated carbocycles. The van der Waals surface area contributed by atoms with Crippen LogP contribution in [0.2, 0.25) is 0 Å². The molecule has 0 saturated heterocycles. The number of hydrogen-bond acceptors (Lipinski definition) is 2. The van der Waals surface area contributed by atoms with E-state index in [0.717, 1.165) is 6.08 Å². The Morgan fingerprint density at radius 2 is 2.11 bits per heavy atom. The summed E-state index contributed by atoms with van der Waals surface area (Å²) >= 11 is 0. The summed E-state index contributed by atoms with van der Waals surface area (Å²) in [6, 6.07) is 0. The van der Waals surface area contributed by atoms with Gasteiger partial charge in [0.05, 0.1) is 0 Å². The zero-order valence-electron chi connectivity index (χ0n) is 5.59. The molecule has 0 unspecified atom stereocenters. The third-order valence-corrected chi connectivity index (χ3v) is 0.957. The third-order valence-electron chi connectivity index (χ3n) is 0.957. The maximum atomic E-state index is 9.96. The van der Waals surface area contributed by atoms with Crippen LogP contribution in [0.25, 0.3) is 0 Å². The Kier molecular flexibility index (Phi) is 2.78. The number of aliphatic carboxylic acids is 1. The quantitative estimate of drug-likeness (QED) is 0.536. The van der Waals surface area contributed by atoms with Crippen LogP contribution in [0.4, 0.5) is 0 Å². The predicted octanol–water partition coefficient (Wildman–Crippen LogP) is 0.570. The van der Waals surface area contributed by atoms with Gasteiger partial charge in [-0.2, -0.15) is 0 Å². The Bertz CT molecular complexity index is 138. The van der Waals surface area contributed by atoms with E-state index in [1.54, 1.807) is 0 Å². The smallest absolute Gasteiger partial charge is 0.330 e. The van der Waals surface area contributed by atoms with E-state index in [2.05, 4.69) is 0 Å². The topological polar surface area (TPSA) is 63.3 Å². The van der Waals surface area contributed by atoms with Gasteiger partial charge in [-0.15, -0.1) is 0 Å². The molecule has 0 fully saturated rings. The van der Waals surface area contributed by atoms with Crippen molar-refractivity contribution in [3.05, 3.63) is 11.8 Å². The van der Waals surface area contributed by atoms with Crippen LogP contribution >= 0.6 is 0 Å². The van der Waals surface area contributed by atoms with E-state index in [0.29, 0.717) is 5.70 Å². The number of carboxylic acid groups (broad SMARTS) is 1. The summed E-state index contributed by atoms with van der Waals surface area (Å²) in [5, 5.41) is 8.18. The fourth-order valence-corrected chi connectivity index (χ4v) is 0.309. The van der Waals surface area contributed by atoms with Crippen molar-refractivity contribution in [2.24, 2.45) is 11.7 Å². The third kappa shape index (κ3) is 3.58. The summed E-state index contributed by atoms with van der Waals surface area (Å²) in [6.07, 6.45) is 1.02. The molecular weight excluding hydrogens is 118 g/mol. The van der Waals surface area contributed by atoms with Gasteiger partial charge >= 0.3 is 5.97 Å². The number of hydrogen-bond donors (Lipinski definition) is 2. The highest BCUT2D eigenvalue weighted by Crippen LogP contribution is 2.00. The molecule has 0 aliphatic heterocycles. The van der Waals surface area contributed by atoms with Gasteiger partial charge in [-0.3, -0.25) is 0 Å². The summed E-state index contributed by atoms with van der Waals surface area (Å²) in [7, 11) is 0. The lowest BCUT2D eigenvalue weighted by Gasteiger charge is -2.01. The Balaban J connectivity index is 4.00. The fourth-order valence-electron chi connectivity index (χ4n) is 0.309. The Hall–Kier alpha value is -0.990. The number of allylic oxidation sites excluding steroid dienone is 1. The molecule has 0 radical (unpaired) electrons. The second kappa shape index (κ2) is 3.12. The van der Waals surface area contributed by atoms with Crippen LogP contribution in [0, 0.1) is 5.92 Å². The molecule has 52 valence electrons. The number of nitrogens with two attached hydrogens (primary N) is 1. The van der Waals surface area contributed by atoms with E-state index in [9.17, 15) is 4.79 Å². The highest BCUT2D eigenvalue weighted by molar-refractivity contribution is 5.80. The van der Waals surface area contributed by atoms with Gasteiger partial charge in [-0.05, 0) is 5.92 Å². The fraction of sp³-hybridized carbons (Fsp3) is 0.500. The van der Waals surface area contributed by atoms with Gasteiger partial charge in [0.2, 0.25) is 0 Å². The predicted molar refractivity (Wildman–Crippen MR) is 34.7 cm³/mol. The van der Waals surface area contributed by atoms with Crippen LogP contribution in [-0.4, -0.2) is 11.1 Å². The first kappa shape index (κ1) is 8.01. The molecule has 0 spiro atoms. The van der Waals surface area contributed by atoms with E-state index in [1.807, 2.05) is 13.8 Å². The van der Waals surface area contributed by atoms with Gasteiger partial charge in [0.25, 0.3) is 0 Å². The minimum absolute atomic E-state index is 0.112. The minimum Gasteiger partial charge on any atom is -0.478 e. The molecule has 3 nitrogen and oxygen atoms in total. The highest BCUT2D eigenvalue weighted by Gasteiger charge is 1.98. The normalized spacial score (nSPS) is 12.1. The average molecular weight is 129 g/mol. The maximum Gasteiger partial charge on any atom is 0.330 e. The van der Waals surface area contributed by atoms with Crippen molar-refractivity contribution in [1.29, 1.82) is 0 Å². The molecule has 9 heavy (non-hydrogen) atoms. The molecule has 0 amide bonds. The van der Waals surface area contributed by atoms with Gasteiger partial charge in [-0.25, -0.2) is 4.79 Å². The molecule has 0 aliphatic carbocycles. The Morgan fingerprint density at radius 3 is 2.22 bits per heavy atom. The average Bonchev–Trinajstić information content (AvgIpc) is 1.63. The first-order valence-electron chi connectivity index (χ1n) is 2.74. The van der Waals surface area contributed by atoms with Crippen LogP contribution in [0.15, 0.2) is 11.8 Å². The van der Waals surface area contributed by atoms with Crippen LogP contribution in [0.3, 0.4) is 0 Å². The molecule has 0 rings (SSSR count). The summed E-state index contributed by atoms with van der Waals surface area (Å²) in [5.41, 5.74) is 5.70. The van der Waals surface area contributed by atoms with Gasteiger partial charge in [0, 0.05) is 11.8 Å². The lowest BCUT2D eigenvalue weighted by Crippen LogP contribution is -2.07. The van der Waals surface area contributed by atoms with Crippen molar-refractivity contribution in [3.63, 3.8) is 0 Å². The summed E-state index contributed by atoms with van der Waals surface area (Å²) in [4.78, 5) is 9.96. The highest BCUT2D eigenvalue weighted by atomic mass is 16.4. The Labute approximate surface area is 54.2 Å². The lowest BCUT2D eigenvalue weighted by atomic mass is 10.1. The SMILES string of the molecule is CC(C)C(N)=CC(=O)O. The molecular formula is C6H11NO2. The largest absolute Gasteiger partial charge is 0.478 e. The van der Waals surface area contributed by atoms with E-state index >= 15 is 0 Å². The van der Waals surface area contributed by atoms with Crippen molar-refractivity contribution in [3.8, 4) is 0 Å². The second-order valence-corrected chi connectivity index (χ2v) is 2.14. The molecule has 0 bridgehead atoms. The first-order chi connectivity index (χ1) is 4.04. The molecule has 3 heteroatoms. The molecule has 0 heterocycles. The molecule has 3 N–H and O–H groups in total. The Morgan fingerprint density at radius 1 is 1.67 bits per heavy atom.